The van der Waals surface area contributed by atoms with Gasteiger partial charge in [-0.15, -0.1) is 0 Å². The number of aromatic nitrogens is 2. The lowest BCUT2D eigenvalue weighted by atomic mass is 10.2. The summed E-state index contributed by atoms with van der Waals surface area (Å²) >= 11 is 1.23. The van der Waals surface area contributed by atoms with Crippen LogP contribution in [0.25, 0.3) is 21.9 Å². The van der Waals surface area contributed by atoms with Gasteiger partial charge in [0.1, 0.15) is 11.3 Å². The van der Waals surface area contributed by atoms with Crippen molar-refractivity contribution < 1.29 is 13.9 Å². The Labute approximate surface area is 189 Å². The number of rotatable bonds is 8. The number of thioether (sulfide) groups is 1. The van der Waals surface area contributed by atoms with Crippen molar-refractivity contribution in [1.29, 1.82) is 0 Å². The minimum atomic E-state index is -0.283. The zero-order chi connectivity index (χ0) is 22.7. The monoisotopic (exact) mass is 451 g/mol. The molecule has 4 aromatic rings. The molecule has 0 radical (unpaired) electrons. The molecule has 0 aliphatic heterocycles. The van der Waals surface area contributed by atoms with Gasteiger partial charge in [-0.05, 0) is 38.1 Å². The summed E-state index contributed by atoms with van der Waals surface area (Å²) in [6, 6.07) is 16.4. The number of furan rings is 1. The predicted octanol–water partition coefficient (Wildman–Crippen LogP) is 4.32. The molecule has 0 unspecified atom stereocenters. The van der Waals surface area contributed by atoms with Gasteiger partial charge in [-0.3, -0.25) is 14.2 Å². The number of nitrogens with one attached hydrogen (secondary N) is 1. The molecule has 32 heavy (non-hydrogen) atoms. The average molecular weight is 452 g/mol. The predicted molar refractivity (Wildman–Crippen MR) is 126 cm³/mol. The van der Waals surface area contributed by atoms with Gasteiger partial charge in [0.25, 0.3) is 5.56 Å². The van der Waals surface area contributed by atoms with E-state index in [0.717, 1.165) is 11.0 Å². The Kier molecular flexibility index (Phi) is 6.62. The molecule has 2 heterocycles. The normalized spacial score (nSPS) is 13.3. The number of methoxy groups -OCH3 is 1. The fraction of sp³-hybridized carbons (Fsp3) is 0.292. The maximum atomic E-state index is 13.1. The second-order valence-electron chi connectivity index (χ2n) is 7.66. The Bertz CT molecular complexity index is 1280. The van der Waals surface area contributed by atoms with E-state index in [0.29, 0.717) is 28.4 Å². The lowest BCUT2D eigenvalue weighted by molar-refractivity contribution is -0.119. The minimum Gasteiger partial charge on any atom is -0.459 e. The first kappa shape index (κ1) is 22.1. The second kappa shape index (κ2) is 9.58. The van der Waals surface area contributed by atoms with Gasteiger partial charge in [-0.2, -0.15) is 0 Å². The summed E-state index contributed by atoms with van der Waals surface area (Å²) in [7, 11) is 1.59. The van der Waals surface area contributed by atoms with Crippen LogP contribution in [0.1, 0.15) is 31.7 Å². The van der Waals surface area contributed by atoms with E-state index in [-0.39, 0.29) is 29.3 Å². The first-order valence-electron chi connectivity index (χ1n) is 10.4. The van der Waals surface area contributed by atoms with Crippen LogP contribution in [0, 0.1) is 0 Å². The van der Waals surface area contributed by atoms with Gasteiger partial charge in [0.2, 0.25) is 5.91 Å². The van der Waals surface area contributed by atoms with Crippen molar-refractivity contribution >= 4 is 39.5 Å². The molecule has 0 aliphatic carbocycles. The number of hydrogen-bond acceptors (Lipinski definition) is 6. The van der Waals surface area contributed by atoms with Gasteiger partial charge in [0, 0.05) is 12.5 Å². The number of carbonyl (C=O) groups excluding carboxylic acids is 1. The van der Waals surface area contributed by atoms with Crippen molar-refractivity contribution in [3.8, 4) is 0 Å². The van der Waals surface area contributed by atoms with Crippen molar-refractivity contribution in [2.24, 2.45) is 0 Å². The smallest absolute Gasteiger partial charge is 0.262 e. The highest BCUT2D eigenvalue weighted by Gasteiger charge is 2.19. The Morgan fingerprint density at radius 1 is 1.19 bits per heavy atom. The number of amides is 1. The molecule has 2 aromatic heterocycles. The van der Waals surface area contributed by atoms with Crippen molar-refractivity contribution in [1.82, 2.24) is 14.9 Å². The van der Waals surface area contributed by atoms with Crippen molar-refractivity contribution in [3.63, 3.8) is 0 Å². The fourth-order valence-corrected chi connectivity index (χ4v) is 4.54. The van der Waals surface area contributed by atoms with Crippen LogP contribution < -0.4 is 10.9 Å². The third kappa shape index (κ3) is 4.56. The third-order valence-electron chi connectivity index (χ3n) is 5.21. The van der Waals surface area contributed by atoms with Gasteiger partial charge in [0.05, 0.1) is 35.3 Å². The highest BCUT2D eigenvalue weighted by Crippen LogP contribution is 2.24. The van der Waals surface area contributed by atoms with E-state index in [9.17, 15) is 9.59 Å². The van der Waals surface area contributed by atoms with Crippen LogP contribution in [0.2, 0.25) is 0 Å². The molecule has 166 valence electrons. The molecular weight excluding hydrogens is 426 g/mol. The van der Waals surface area contributed by atoms with Gasteiger partial charge < -0.3 is 14.5 Å². The number of fused-ring (bicyclic) bond motifs is 2. The van der Waals surface area contributed by atoms with Crippen LogP contribution in [-0.4, -0.2) is 34.9 Å². The fourth-order valence-electron chi connectivity index (χ4n) is 3.63. The highest BCUT2D eigenvalue weighted by atomic mass is 32.2. The maximum Gasteiger partial charge on any atom is 0.262 e. The highest BCUT2D eigenvalue weighted by molar-refractivity contribution is 7.99. The molecule has 2 atom stereocenters. The second-order valence-corrected chi connectivity index (χ2v) is 8.60. The van der Waals surface area contributed by atoms with Crippen LogP contribution in [-0.2, 0) is 9.53 Å². The first-order chi connectivity index (χ1) is 15.5. The summed E-state index contributed by atoms with van der Waals surface area (Å²) in [6.45, 7) is 4.14. The van der Waals surface area contributed by atoms with E-state index in [1.54, 1.807) is 23.8 Å². The molecular formula is C24H25N3O4S. The largest absolute Gasteiger partial charge is 0.459 e. The van der Waals surface area contributed by atoms with Crippen molar-refractivity contribution in [3.05, 3.63) is 70.7 Å². The lowest BCUT2D eigenvalue weighted by Gasteiger charge is -2.19. The van der Waals surface area contributed by atoms with Gasteiger partial charge in [-0.1, -0.05) is 42.1 Å². The molecule has 7 nitrogen and oxygen atoms in total. The summed E-state index contributed by atoms with van der Waals surface area (Å²) in [4.78, 5) is 30.4. The molecule has 0 saturated carbocycles. The van der Waals surface area contributed by atoms with E-state index < -0.39 is 0 Å². The molecule has 2 aromatic carbocycles. The number of hydrogen-bond donors (Lipinski definition) is 1. The molecule has 0 aliphatic rings. The molecule has 0 saturated heterocycles. The summed E-state index contributed by atoms with van der Waals surface area (Å²) in [5, 5.41) is 4.99. The topological polar surface area (TPSA) is 86.4 Å². The number of benzene rings is 2. The summed E-state index contributed by atoms with van der Waals surface area (Å²) < 4.78 is 12.7. The SMILES string of the molecule is COC[C@H](C)n1c(SCC(=O)N[C@H](C)c2cc3ccccc3o2)nc2ccccc2c1=O. The molecule has 0 bridgehead atoms. The Hall–Kier alpha value is -3.10. The lowest BCUT2D eigenvalue weighted by Crippen LogP contribution is -2.30. The zero-order valence-electron chi connectivity index (χ0n) is 18.2. The summed E-state index contributed by atoms with van der Waals surface area (Å²) in [5.74, 6) is 0.644. The summed E-state index contributed by atoms with van der Waals surface area (Å²) in [6.07, 6.45) is 0. The van der Waals surface area contributed by atoms with Gasteiger partial charge >= 0.3 is 0 Å². The molecule has 0 fully saturated rings. The Morgan fingerprint density at radius 3 is 2.72 bits per heavy atom. The zero-order valence-corrected chi connectivity index (χ0v) is 19.0. The third-order valence-corrected chi connectivity index (χ3v) is 6.16. The average Bonchev–Trinajstić information content (AvgIpc) is 3.22. The molecule has 1 N–H and O–H groups in total. The van der Waals surface area contributed by atoms with E-state index >= 15 is 0 Å². The Morgan fingerprint density at radius 2 is 1.94 bits per heavy atom. The maximum absolute atomic E-state index is 13.1. The van der Waals surface area contributed by atoms with Crippen molar-refractivity contribution in [2.75, 3.05) is 19.5 Å². The number of para-hydroxylation sites is 2. The molecule has 1 amide bonds. The van der Waals surface area contributed by atoms with E-state index in [1.165, 1.54) is 11.8 Å². The first-order valence-corrected chi connectivity index (χ1v) is 11.4. The number of nitrogens with zero attached hydrogens (tertiary/aromatic N) is 2. The molecule has 4 rings (SSSR count). The van der Waals surface area contributed by atoms with Gasteiger partial charge in [-0.25, -0.2) is 4.98 Å². The molecule has 8 heteroatoms. The van der Waals surface area contributed by atoms with E-state index in [2.05, 4.69) is 10.3 Å². The van der Waals surface area contributed by atoms with Crippen LogP contribution in [0.3, 0.4) is 0 Å². The van der Waals surface area contributed by atoms with Crippen LogP contribution in [0.15, 0.2) is 69.0 Å². The summed E-state index contributed by atoms with van der Waals surface area (Å²) in [5.41, 5.74) is 1.25. The van der Waals surface area contributed by atoms with Crippen LogP contribution in [0.4, 0.5) is 0 Å². The van der Waals surface area contributed by atoms with Crippen molar-refractivity contribution in [2.45, 2.75) is 31.1 Å². The number of carbonyl (C=O) groups is 1. The minimum absolute atomic E-state index is 0.120. The quantitative estimate of drug-likeness (QED) is 0.317. The molecule has 0 spiro atoms. The Balaban J connectivity index is 1.52. The van der Waals surface area contributed by atoms with E-state index in [1.807, 2.05) is 56.3 Å². The van der Waals surface area contributed by atoms with Gasteiger partial charge in [0.15, 0.2) is 5.16 Å². The standard InChI is InChI=1S/C24H25N3O4S/c1-15(13-30-3)27-23(29)18-9-5-6-10-19(18)26-24(27)32-14-22(28)25-16(2)21-12-17-8-4-7-11-20(17)31-21/h4-12,15-16H,13-14H2,1-3H3,(H,25,28)/t15-,16+/m0/s1. The van der Waals surface area contributed by atoms with Crippen LogP contribution >= 0.6 is 11.8 Å². The number of ether oxygens (including phenoxy) is 1. The van der Waals surface area contributed by atoms with E-state index in [4.69, 9.17) is 9.15 Å². The van der Waals surface area contributed by atoms with Crippen LogP contribution in [0.5, 0.6) is 0 Å².